The monoisotopic (exact) mass is 238 g/mol. The number of quaternary nitrogens is 1. The second kappa shape index (κ2) is 5.82. The molecule has 0 aliphatic rings. The summed E-state index contributed by atoms with van der Waals surface area (Å²) in [4.78, 5) is 0. The largest absolute Gasteiger partial charge is 0.316 e. The first-order valence-corrected chi connectivity index (χ1v) is 7.16. The van der Waals surface area contributed by atoms with E-state index < -0.39 is 10.1 Å². The van der Waals surface area contributed by atoms with Crippen molar-refractivity contribution in [3.63, 3.8) is 0 Å². The zero-order chi connectivity index (χ0) is 12.1. The summed E-state index contributed by atoms with van der Waals surface area (Å²) < 4.78 is 31.3. The molecule has 92 valence electrons. The van der Waals surface area contributed by atoms with Crippen LogP contribution in [-0.2, 0) is 10.1 Å². The molecule has 0 rings (SSSR count). The summed E-state index contributed by atoms with van der Waals surface area (Å²) in [6.07, 6.45) is 0.983. The molecule has 0 amide bonds. The van der Waals surface area contributed by atoms with Crippen molar-refractivity contribution in [2.75, 3.05) is 25.5 Å². The molecule has 0 heterocycles. The second-order valence-corrected chi connectivity index (χ2v) is 6.01. The third kappa shape index (κ3) is 6.12. The highest BCUT2D eigenvalue weighted by Crippen LogP contribution is 2.13. The summed E-state index contributed by atoms with van der Waals surface area (Å²) in [5.74, 6) is 0.397. The maximum atomic E-state index is 10.9. The highest BCUT2D eigenvalue weighted by molar-refractivity contribution is 7.85. The highest BCUT2D eigenvalue weighted by Gasteiger charge is 2.29. The van der Waals surface area contributed by atoms with Crippen LogP contribution >= 0.6 is 0 Å². The predicted molar refractivity (Wildman–Crippen MR) is 62.1 cm³/mol. The smallest absolute Gasteiger partial charge is 0.310 e. The van der Waals surface area contributed by atoms with E-state index in [-0.39, 0.29) is 5.88 Å². The lowest BCUT2D eigenvalue weighted by atomic mass is 10.1. The van der Waals surface area contributed by atoms with E-state index in [0.29, 0.717) is 10.4 Å². The van der Waals surface area contributed by atoms with E-state index in [0.717, 1.165) is 26.1 Å². The Kier molecular flexibility index (Phi) is 5.77. The standard InChI is InChI=1S/C10H23NO3S/c1-5-11(6-2,8-7-10(3)4)9-15(12,13)14/h10H,5-9H2,1-4H3/p+1. The highest BCUT2D eigenvalue weighted by atomic mass is 32.2. The molecule has 0 aromatic heterocycles. The minimum Gasteiger partial charge on any atom is -0.310 e. The SMILES string of the molecule is CC[N+](CC)(CCC(C)C)CS(=O)(=O)O. The summed E-state index contributed by atoms with van der Waals surface area (Å²) >= 11 is 0. The van der Waals surface area contributed by atoms with Crippen molar-refractivity contribution in [2.45, 2.75) is 34.1 Å². The normalized spacial score (nSPS) is 13.5. The second-order valence-electron chi connectivity index (χ2n) is 4.59. The lowest BCUT2D eigenvalue weighted by Crippen LogP contribution is -2.51. The van der Waals surface area contributed by atoms with Gasteiger partial charge in [-0.25, -0.2) is 0 Å². The summed E-state index contributed by atoms with van der Waals surface area (Å²) in [6, 6.07) is 0. The average Bonchev–Trinajstić information content (AvgIpc) is 2.10. The van der Waals surface area contributed by atoms with Crippen molar-refractivity contribution in [3.05, 3.63) is 0 Å². The average molecular weight is 238 g/mol. The molecule has 5 heteroatoms. The van der Waals surface area contributed by atoms with Crippen LogP contribution in [0.15, 0.2) is 0 Å². The first kappa shape index (κ1) is 14.9. The summed E-state index contributed by atoms with van der Waals surface area (Å²) in [5.41, 5.74) is 0. The molecule has 0 unspecified atom stereocenters. The van der Waals surface area contributed by atoms with Gasteiger partial charge in [0.2, 0.25) is 5.88 Å². The minimum atomic E-state index is -3.88. The molecule has 0 aliphatic heterocycles. The van der Waals surface area contributed by atoms with Crippen molar-refractivity contribution in [3.8, 4) is 0 Å². The molecule has 0 aromatic rings. The van der Waals surface area contributed by atoms with E-state index in [9.17, 15) is 8.42 Å². The van der Waals surface area contributed by atoms with Crippen LogP contribution in [-0.4, -0.2) is 43.0 Å². The van der Waals surface area contributed by atoms with Gasteiger partial charge in [-0.15, -0.1) is 0 Å². The third-order valence-corrected chi connectivity index (χ3v) is 3.83. The number of rotatable bonds is 7. The summed E-state index contributed by atoms with van der Waals surface area (Å²) in [6.45, 7) is 10.5. The first-order valence-electron chi connectivity index (χ1n) is 5.55. The van der Waals surface area contributed by atoms with Gasteiger partial charge in [-0.05, 0) is 26.2 Å². The predicted octanol–water partition coefficient (Wildman–Crippen LogP) is 1.73. The van der Waals surface area contributed by atoms with E-state index in [4.69, 9.17) is 4.55 Å². The van der Waals surface area contributed by atoms with Gasteiger partial charge in [-0.1, -0.05) is 13.8 Å². The lowest BCUT2D eigenvalue weighted by Gasteiger charge is -2.35. The Morgan fingerprint density at radius 3 is 1.93 bits per heavy atom. The van der Waals surface area contributed by atoms with Gasteiger partial charge in [-0.2, -0.15) is 8.42 Å². The molecule has 0 fully saturated rings. The van der Waals surface area contributed by atoms with Gasteiger partial charge in [0.05, 0.1) is 19.6 Å². The quantitative estimate of drug-likeness (QED) is 0.543. The Balaban J connectivity index is 4.58. The Morgan fingerprint density at radius 1 is 1.20 bits per heavy atom. The lowest BCUT2D eigenvalue weighted by molar-refractivity contribution is -0.914. The molecule has 1 N–H and O–H groups in total. The Labute approximate surface area is 93.6 Å². The number of hydrogen-bond acceptors (Lipinski definition) is 2. The maximum Gasteiger partial charge on any atom is 0.316 e. The summed E-state index contributed by atoms with van der Waals surface area (Å²) in [7, 11) is -3.88. The van der Waals surface area contributed by atoms with Crippen LogP contribution in [0.25, 0.3) is 0 Å². The molecule has 0 aliphatic carbocycles. The molecule has 0 saturated heterocycles. The molecular formula is C10H24NO3S+. The molecular weight excluding hydrogens is 214 g/mol. The van der Waals surface area contributed by atoms with Crippen LogP contribution < -0.4 is 0 Å². The molecule has 0 bridgehead atoms. The van der Waals surface area contributed by atoms with Gasteiger partial charge in [0.1, 0.15) is 0 Å². The van der Waals surface area contributed by atoms with Gasteiger partial charge in [-0.3, -0.25) is 4.55 Å². The Morgan fingerprint density at radius 2 is 1.67 bits per heavy atom. The molecule has 15 heavy (non-hydrogen) atoms. The Hall–Kier alpha value is -0.130. The van der Waals surface area contributed by atoms with E-state index in [1.807, 2.05) is 13.8 Å². The molecule has 0 saturated carbocycles. The molecule has 0 radical (unpaired) electrons. The van der Waals surface area contributed by atoms with Crippen LogP contribution in [0.1, 0.15) is 34.1 Å². The third-order valence-electron chi connectivity index (χ3n) is 2.96. The molecule has 0 atom stereocenters. The van der Waals surface area contributed by atoms with Gasteiger partial charge in [0, 0.05) is 0 Å². The van der Waals surface area contributed by atoms with Crippen molar-refractivity contribution < 1.29 is 17.5 Å². The van der Waals surface area contributed by atoms with Crippen molar-refractivity contribution in [2.24, 2.45) is 5.92 Å². The van der Waals surface area contributed by atoms with E-state index in [1.54, 1.807) is 0 Å². The fraction of sp³-hybridized carbons (Fsp3) is 1.00. The van der Waals surface area contributed by atoms with E-state index >= 15 is 0 Å². The van der Waals surface area contributed by atoms with Crippen LogP contribution in [0.3, 0.4) is 0 Å². The summed E-state index contributed by atoms with van der Waals surface area (Å²) in [5, 5.41) is 0. The van der Waals surface area contributed by atoms with Crippen LogP contribution in [0.2, 0.25) is 0 Å². The minimum absolute atomic E-state index is 0.160. The van der Waals surface area contributed by atoms with Crippen LogP contribution in [0.4, 0.5) is 0 Å². The molecule has 0 aromatic carbocycles. The molecule has 0 spiro atoms. The fourth-order valence-corrected chi connectivity index (χ4v) is 2.85. The van der Waals surface area contributed by atoms with E-state index in [2.05, 4.69) is 13.8 Å². The van der Waals surface area contributed by atoms with Gasteiger partial charge in [0.15, 0.2) is 0 Å². The van der Waals surface area contributed by atoms with Crippen LogP contribution in [0.5, 0.6) is 0 Å². The zero-order valence-corrected chi connectivity index (χ0v) is 11.0. The maximum absolute atomic E-state index is 10.9. The Bertz CT molecular complexity index is 268. The molecule has 4 nitrogen and oxygen atoms in total. The zero-order valence-electron chi connectivity index (χ0n) is 10.2. The van der Waals surface area contributed by atoms with Crippen molar-refractivity contribution in [1.29, 1.82) is 0 Å². The number of nitrogens with zero attached hydrogens (tertiary/aromatic N) is 1. The van der Waals surface area contributed by atoms with E-state index in [1.165, 1.54) is 0 Å². The fourth-order valence-electron chi connectivity index (χ4n) is 1.67. The van der Waals surface area contributed by atoms with Crippen LogP contribution in [0, 0.1) is 5.92 Å². The van der Waals surface area contributed by atoms with Crippen molar-refractivity contribution in [1.82, 2.24) is 0 Å². The first-order chi connectivity index (χ1) is 6.74. The van der Waals surface area contributed by atoms with Gasteiger partial charge < -0.3 is 4.48 Å². The topological polar surface area (TPSA) is 54.4 Å². The number of hydrogen-bond donors (Lipinski definition) is 1. The van der Waals surface area contributed by atoms with Crippen molar-refractivity contribution >= 4 is 10.1 Å². The van der Waals surface area contributed by atoms with Gasteiger partial charge in [0.25, 0.3) is 0 Å². The van der Waals surface area contributed by atoms with Gasteiger partial charge >= 0.3 is 10.1 Å².